The molecule has 1 aromatic heterocycles. The maximum absolute atomic E-state index is 12.7. The van der Waals surface area contributed by atoms with E-state index in [-0.39, 0.29) is 5.57 Å². The Kier molecular flexibility index (Phi) is 3.83. The first-order valence-corrected chi connectivity index (χ1v) is 7.92. The van der Waals surface area contributed by atoms with Crippen molar-refractivity contribution in [2.45, 2.75) is 13.8 Å². The van der Waals surface area contributed by atoms with E-state index in [4.69, 9.17) is 0 Å². The van der Waals surface area contributed by atoms with E-state index in [0.717, 1.165) is 21.6 Å². The van der Waals surface area contributed by atoms with Crippen molar-refractivity contribution < 1.29 is 14.4 Å². The number of carbonyl (C=O) groups is 3. The molecule has 1 aliphatic heterocycles. The van der Waals surface area contributed by atoms with Crippen LogP contribution in [-0.2, 0) is 9.59 Å². The van der Waals surface area contributed by atoms with Gasteiger partial charge in [0.05, 0.1) is 5.69 Å². The highest BCUT2D eigenvalue weighted by Crippen LogP contribution is 2.24. The van der Waals surface area contributed by atoms with Crippen LogP contribution in [0.15, 0.2) is 40.6 Å². The summed E-state index contributed by atoms with van der Waals surface area (Å²) in [5, 5.41) is 5.90. The van der Waals surface area contributed by atoms with Crippen molar-refractivity contribution in [2.75, 3.05) is 4.90 Å². The van der Waals surface area contributed by atoms with Gasteiger partial charge < -0.3 is 0 Å². The summed E-state index contributed by atoms with van der Waals surface area (Å²) in [6, 6.07) is 6.50. The van der Waals surface area contributed by atoms with Crippen molar-refractivity contribution in [3.63, 3.8) is 0 Å². The van der Waals surface area contributed by atoms with E-state index in [0.29, 0.717) is 5.69 Å². The van der Waals surface area contributed by atoms with Gasteiger partial charge in [0, 0.05) is 0 Å². The Morgan fingerprint density at radius 3 is 2.39 bits per heavy atom. The minimum Gasteiger partial charge on any atom is -0.273 e. The number of benzene rings is 1. The van der Waals surface area contributed by atoms with E-state index < -0.39 is 17.8 Å². The van der Waals surface area contributed by atoms with Gasteiger partial charge >= 0.3 is 6.03 Å². The first-order chi connectivity index (χ1) is 11.0. The van der Waals surface area contributed by atoms with Crippen LogP contribution >= 0.6 is 11.3 Å². The summed E-state index contributed by atoms with van der Waals surface area (Å²) in [6.07, 6.45) is 1.50. The van der Waals surface area contributed by atoms with Gasteiger partial charge in [0.15, 0.2) is 0 Å². The highest BCUT2D eigenvalue weighted by atomic mass is 32.1. The number of hydrogen-bond donors (Lipinski definition) is 1. The molecule has 0 unspecified atom stereocenters. The van der Waals surface area contributed by atoms with Gasteiger partial charge in [-0.05, 0) is 65.6 Å². The zero-order valence-corrected chi connectivity index (χ0v) is 13.4. The quantitative estimate of drug-likeness (QED) is 0.681. The van der Waals surface area contributed by atoms with Crippen molar-refractivity contribution in [3.05, 3.63) is 57.3 Å². The molecule has 2 aromatic rings. The van der Waals surface area contributed by atoms with Gasteiger partial charge in [0.2, 0.25) is 0 Å². The predicted octanol–water partition coefficient (Wildman–Crippen LogP) is 3.03. The summed E-state index contributed by atoms with van der Waals surface area (Å²) in [7, 11) is 0. The van der Waals surface area contributed by atoms with Gasteiger partial charge in [-0.3, -0.25) is 14.9 Å². The van der Waals surface area contributed by atoms with Crippen molar-refractivity contribution in [1.82, 2.24) is 5.32 Å². The number of carbonyl (C=O) groups excluding carboxylic acids is 3. The van der Waals surface area contributed by atoms with E-state index in [1.807, 2.05) is 30.7 Å². The lowest BCUT2D eigenvalue weighted by Crippen LogP contribution is -2.54. The molecule has 23 heavy (non-hydrogen) atoms. The zero-order chi connectivity index (χ0) is 16.6. The van der Waals surface area contributed by atoms with Crippen LogP contribution in [0.4, 0.5) is 10.5 Å². The van der Waals surface area contributed by atoms with Gasteiger partial charge in [-0.15, -0.1) is 0 Å². The molecule has 1 N–H and O–H groups in total. The molecule has 1 aliphatic rings. The molecule has 116 valence electrons. The number of barbiturate groups is 1. The summed E-state index contributed by atoms with van der Waals surface area (Å²) < 4.78 is 0. The second kappa shape index (κ2) is 5.81. The first kappa shape index (κ1) is 15.2. The topological polar surface area (TPSA) is 66.5 Å². The Labute approximate surface area is 137 Å². The Balaban J connectivity index is 2.05. The van der Waals surface area contributed by atoms with Crippen molar-refractivity contribution in [2.24, 2.45) is 0 Å². The van der Waals surface area contributed by atoms with Crippen LogP contribution in [0.2, 0.25) is 0 Å². The number of amides is 4. The molecule has 0 saturated carbocycles. The lowest BCUT2D eigenvalue weighted by Gasteiger charge is -2.26. The maximum Gasteiger partial charge on any atom is 0.335 e. The zero-order valence-electron chi connectivity index (χ0n) is 12.6. The lowest BCUT2D eigenvalue weighted by atomic mass is 10.1. The maximum atomic E-state index is 12.7. The highest BCUT2D eigenvalue weighted by molar-refractivity contribution is 7.08. The fraction of sp³-hybridized carbons (Fsp3) is 0.118. The molecule has 5 nitrogen and oxygen atoms in total. The monoisotopic (exact) mass is 326 g/mol. The van der Waals surface area contributed by atoms with Crippen LogP contribution in [0, 0.1) is 13.8 Å². The molecule has 4 amide bonds. The summed E-state index contributed by atoms with van der Waals surface area (Å²) in [5.41, 5.74) is 3.01. The number of aryl methyl sites for hydroxylation is 2. The van der Waals surface area contributed by atoms with E-state index in [1.165, 1.54) is 17.4 Å². The number of anilines is 1. The summed E-state index contributed by atoms with van der Waals surface area (Å²) in [4.78, 5) is 37.8. The molecule has 0 aliphatic carbocycles. The Hall–Kier alpha value is -2.73. The Morgan fingerprint density at radius 1 is 1.09 bits per heavy atom. The number of thiophene rings is 1. The Bertz CT molecular complexity index is 817. The third-order valence-corrected chi connectivity index (χ3v) is 4.12. The van der Waals surface area contributed by atoms with E-state index in [2.05, 4.69) is 5.32 Å². The van der Waals surface area contributed by atoms with Crippen LogP contribution in [0.5, 0.6) is 0 Å². The largest absolute Gasteiger partial charge is 0.335 e. The van der Waals surface area contributed by atoms with Crippen molar-refractivity contribution in [1.29, 1.82) is 0 Å². The molecule has 1 saturated heterocycles. The van der Waals surface area contributed by atoms with Gasteiger partial charge in [0.1, 0.15) is 5.57 Å². The molecule has 6 heteroatoms. The number of imide groups is 2. The third kappa shape index (κ3) is 2.93. The van der Waals surface area contributed by atoms with Gasteiger partial charge in [0.25, 0.3) is 11.8 Å². The molecule has 1 fully saturated rings. The van der Waals surface area contributed by atoms with Crippen LogP contribution < -0.4 is 10.2 Å². The number of rotatable bonds is 2. The number of nitrogens with zero attached hydrogens (tertiary/aromatic N) is 1. The molecule has 0 bridgehead atoms. The molecule has 2 heterocycles. The van der Waals surface area contributed by atoms with Crippen LogP contribution in [0.1, 0.15) is 16.7 Å². The first-order valence-electron chi connectivity index (χ1n) is 6.97. The average Bonchev–Trinajstić information content (AvgIpc) is 2.95. The van der Waals surface area contributed by atoms with Gasteiger partial charge in [-0.1, -0.05) is 6.07 Å². The fourth-order valence-corrected chi connectivity index (χ4v) is 3.11. The molecule has 0 atom stereocenters. The standard InChI is InChI=1S/C17H14N2O3S/c1-10-5-11(2)7-13(6-10)19-16(21)14(15(20)18-17(19)22)8-12-3-4-23-9-12/h3-9H,1-2H3,(H,18,20,22)/b14-8+. The molecular weight excluding hydrogens is 312 g/mol. The third-order valence-electron chi connectivity index (χ3n) is 3.42. The van der Waals surface area contributed by atoms with E-state index >= 15 is 0 Å². The minimum absolute atomic E-state index is 0.0536. The summed E-state index contributed by atoms with van der Waals surface area (Å²) in [6.45, 7) is 3.77. The second-order valence-corrected chi connectivity index (χ2v) is 6.14. The second-order valence-electron chi connectivity index (χ2n) is 5.36. The summed E-state index contributed by atoms with van der Waals surface area (Å²) in [5.74, 6) is -1.29. The van der Waals surface area contributed by atoms with E-state index in [1.54, 1.807) is 18.2 Å². The van der Waals surface area contributed by atoms with Crippen LogP contribution in [-0.4, -0.2) is 17.8 Å². The molecule has 3 rings (SSSR count). The lowest BCUT2D eigenvalue weighted by molar-refractivity contribution is -0.122. The Morgan fingerprint density at radius 2 is 1.78 bits per heavy atom. The number of urea groups is 1. The fourth-order valence-electron chi connectivity index (χ4n) is 2.50. The average molecular weight is 326 g/mol. The van der Waals surface area contributed by atoms with Crippen molar-refractivity contribution in [3.8, 4) is 0 Å². The highest BCUT2D eigenvalue weighted by Gasteiger charge is 2.36. The van der Waals surface area contributed by atoms with Crippen molar-refractivity contribution >= 4 is 40.9 Å². The van der Waals surface area contributed by atoms with Gasteiger partial charge in [-0.2, -0.15) is 11.3 Å². The number of hydrogen-bond acceptors (Lipinski definition) is 4. The van der Waals surface area contributed by atoms with Crippen LogP contribution in [0.25, 0.3) is 6.08 Å². The molecular formula is C17H14N2O3S. The smallest absolute Gasteiger partial charge is 0.273 e. The molecule has 0 radical (unpaired) electrons. The van der Waals surface area contributed by atoms with Crippen LogP contribution in [0.3, 0.4) is 0 Å². The minimum atomic E-state index is -0.729. The molecule has 0 spiro atoms. The SMILES string of the molecule is Cc1cc(C)cc(N2C(=O)NC(=O)/C(=C\c3ccsc3)C2=O)c1. The van der Waals surface area contributed by atoms with Gasteiger partial charge in [-0.25, -0.2) is 9.69 Å². The predicted molar refractivity (Wildman–Crippen MR) is 89.2 cm³/mol. The summed E-state index contributed by atoms with van der Waals surface area (Å²) >= 11 is 1.46. The van der Waals surface area contributed by atoms with E-state index in [9.17, 15) is 14.4 Å². The normalized spacial score (nSPS) is 16.9. The molecule has 1 aromatic carbocycles. The number of nitrogens with one attached hydrogen (secondary N) is 1.